The van der Waals surface area contributed by atoms with E-state index in [4.69, 9.17) is 21.7 Å². The summed E-state index contributed by atoms with van der Waals surface area (Å²) in [6.07, 6.45) is 1.65. The molecule has 1 aliphatic heterocycles. The highest BCUT2D eigenvalue weighted by Gasteiger charge is 2.16. The van der Waals surface area contributed by atoms with Gasteiger partial charge in [-0.1, -0.05) is 18.2 Å². The van der Waals surface area contributed by atoms with E-state index < -0.39 is 0 Å². The quantitative estimate of drug-likeness (QED) is 0.442. The molecular formula is C20H22N4O3S. The zero-order chi connectivity index (χ0) is 19.6. The van der Waals surface area contributed by atoms with Crippen molar-refractivity contribution in [3.63, 3.8) is 0 Å². The van der Waals surface area contributed by atoms with Gasteiger partial charge in [-0.05, 0) is 54.2 Å². The number of benzene rings is 2. The van der Waals surface area contributed by atoms with Crippen LogP contribution in [0.3, 0.4) is 0 Å². The lowest BCUT2D eigenvalue weighted by molar-refractivity contribution is -0.137. The van der Waals surface area contributed by atoms with Crippen molar-refractivity contribution < 1.29 is 14.3 Å². The maximum atomic E-state index is 12.1. The average molecular weight is 398 g/mol. The van der Waals surface area contributed by atoms with Gasteiger partial charge in [-0.25, -0.2) is 0 Å². The Kier molecular flexibility index (Phi) is 7.34. The van der Waals surface area contributed by atoms with Crippen molar-refractivity contribution in [2.75, 3.05) is 38.2 Å². The highest BCUT2D eigenvalue weighted by atomic mass is 32.1. The Morgan fingerprint density at radius 3 is 2.57 bits per heavy atom. The van der Waals surface area contributed by atoms with E-state index >= 15 is 0 Å². The third-order valence-corrected chi connectivity index (χ3v) is 4.21. The molecule has 1 fully saturated rings. The molecule has 2 N–H and O–H groups in total. The van der Waals surface area contributed by atoms with E-state index in [2.05, 4.69) is 15.8 Å². The lowest BCUT2D eigenvalue weighted by Gasteiger charge is -2.26. The van der Waals surface area contributed by atoms with Crippen molar-refractivity contribution in [3.05, 3.63) is 60.2 Å². The minimum atomic E-state index is -0.0300. The lowest BCUT2D eigenvalue weighted by Crippen LogP contribution is -2.42. The summed E-state index contributed by atoms with van der Waals surface area (Å²) in [6, 6.07) is 16.9. The number of hydrazone groups is 1. The second kappa shape index (κ2) is 10.4. The largest absolute Gasteiger partial charge is 0.484 e. The predicted molar refractivity (Wildman–Crippen MR) is 113 cm³/mol. The lowest BCUT2D eigenvalue weighted by atomic mass is 10.2. The van der Waals surface area contributed by atoms with Gasteiger partial charge in [-0.2, -0.15) is 5.10 Å². The Bertz CT molecular complexity index is 806. The fourth-order valence-electron chi connectivity index (χ4n) is 2.55. The van der Waals surface area contributed by atoms with Crippen molar-refractivity contribution in [1.29, 1.82) is 0 Å². The van der Waals surface area contributed by atoms with Crippen LogP contribution < -0.4 is 15.5 Å². The Hall–Kier alpha value is -2.97. The van der Waals surface area contributed by atoms with E-state index in [9.17, 15) is 4.79 Å². The van der Waals surface area contributed by atoms with Crippen molar-refractivity contribution >= 4 is 35.1 Å². The van der Waals surface area contributed by atoms with E-state index in [1.807, 2.05) is 42.5 Å². The monoisotopic (exact) mass is 398 g/mol. The number of anilines is 1. The molecule has 0 unspecified atom stereocenters. The second-order valence-corrected chi connectivity index (χ2v) is 6.45. The summed E-state index contributed by atoms with van der Waals surface area (Å²) in [5.41, 5.74) is 4.54. The van der Waals surface area contributed by atoms with Crippen LogP contribution in [0.5, 0.6) is 5.75 Å². The maximum absolute atomic E-state index is 12.1. The highest BCUT2D eigenvalue weighted by molar-refractivity contribution is 7.80. The SMILES string of the molecule is O=C(COc1ccc(C=NNC(=S)Nc2ccccc2)cc1)N1CCOCC1. The molecule has 146 valence electrons. The molecule has 0 aliphatic carbocycles. The molecule has 0 spiro atoms. The summed E-state index contributed by atoms with van der Waals surface area (Å²) >= 11 is 5.19. The van der Waals surface area contributed by atoms with Crippen LogP contribution in [-0.2, 0) is 9.53 Å². The summed E-state index contributed by atoms with van der Waals surface area (Å²) in [4.78, 5) is 13.8. The molecule has 1 aliphatic rings. The molecule has 2 aromatic carbocycles. The summed E-state index contributed by atoms with van der Waals surface area (Å²) in [7, 11) is 0. The van der Waals surface area contributed by atoms with E-state index in [0.29, 0.717) is 37.2 Å². The van der Waals surface area contributed by atoms with Crippen LogP contribution in [0.1, 0.15) is 5.56 Å². The molecule has 7 nitrogen and oxygen atoms in total. The third kappa shape index (κ3) is 6.33. The van der Waals surface area contributed by atoms with E-state index in [1.165, 1.54) is 0 Å². The molecule has 2 aromatic rings. The first-order valence-electron chi connectivity index (χ1n) is 8.94. The number of carbonyl (C=O) groups excluding carboxylic acids is 1. The summed E-state index contributed by atoms with van der Waals surface area (Å²) in [5, 5.41) is 7.55. The van der Waals surface area contributed by atoms with Crippen molar-refractivity contribution in [2.45, 2.75) is 0 Å². The third-order valence-electron chi connectivity index (χ3n) is 4.02. The Morgan fingerprint density at radius 2 is 1.86 bits per heavy atom. The number of amides is 1. The minimum absolute atomic E-state index is 0.0222. The van der Waals surface area contributed by atoms with Crippen LogP contribution in [0.15, 0.2) is 59.7 Å². The number of carbonyl (C=O) groups is 1. The Morgan fingerprint density at radius 1 is 1.14 bits per heavy atom. The van der Waals surface area contributed by atoms with Gasteiger partial charge >= 0.3 is 0 Å². The standard InChI is InChI=1S/C20H22N4O3S/c25-19(24-10-12-26-13-11-24)15-27-18-8-6-16(7-9-18)14-21-23-20(28)22-17-4-2-1-3-5-17/h1-9,14H,10-13,15H2,(H2,22,23,28). The topological polar surface area (TPSA) is 75.2 Å². The van der Waals surface area contributed by atoms with Gasteiger partial charge in [0.1, 0.15) is 5.75 Å². The molecule has 8 heteroatoms. The summed E-state index contributed by atoms with van der Waals surface area (Å²) < 4.78 is 10.8. The van der Waals surface area contributed by atoms with Crippen LogP contribution in [0, 0.1) is 0 Å². The number of hydrogen-bond donors (Lipinski definition) is 2. The van der Waals surface area contributed by atoms with Gasteiger partial charge in [-0.3, -0.25) is 10.2 Å². The van der Waals surface area contributed by atoms with E-state index in [-0.39, 0.29) is 12.5 Å². The van der Waals surface area contributed by atoms with Crippen LogP contribution in [0.2, 0.25) is 0 Å². The predicted octanol–water partition coefficient (Wildman–Crippen LogP) is 2.24. The van der Waals surface area contributed by atoms with Crippen LogP contribution >= 0.6 is 12.2 Å². The number of para-hydroxylation sites is 1. The zero-order valence-corrected chi connectivity index (χ0v) is 16.2. The van der Waals surface area contributed by atoms with Crippen LogP contribution in [0.4, 0.5) is 5.69 Å². The first-order chi connectivity index (χ1) is 13.7. The number of ether oxygens (including phenoxy) is 2. The number of hydrogen-bond acceptors (Lipinski definition) is 5. The van der Waals surface area contributed by atoms with E-state index in [0.717, 1.165) is 11.3 Å². The molecule has 1 heterocycles. The molecular weight excluding hydrogens is 376 g/mol. The molecule has 3 rings (SSSR count). The molecule has 1 saturated heterocycles. The Balaban J connectivity index is 1.41. The van der Waals surface area contributed by atoms with Crippen LogP contribution in [-0.4, -0.2) is 55.0 Å². The summed E-state index contributed by atoms with van der Waals surface area (Å²) in [6.45, 7) is 2.42. The first kappa shape index (κ1) is 19.8. The van der Waals surface area contributed by atoms with Crippen LogP contribution in [0.25, 0.3) is 0 Å². The number of morpholine rings is 1. The van der Waals surface area contributed by atoms with Crippen molar-refractivity contribution in [1.82, 2.24) is 10.3 Å². The molecule has 0 saturated carbocycles. The fourth-order valence-corrected chi connectivity index (χ4v) is 2.72. The highest BCUT2D eigenvalue weighted by Crippen LogP contribution is 2.11. The first-order valence-corrected chi connectivity index (χ1v) is 9.35. The van der Waals surface area contributed by atoms with Gasteiger partial charge in [0, 0.05) is 18.8 Å². The zero-order valence-electron chi connectivity index (χ0n) is 15.3. The minimum Gasteiger partial charge on any atom is -0.484 e. The molecule has 0 aromatic heterocycles. The smallest absolute Gasteiger partial charge is 0.260 e. The average Bonchev–Trinajstić information content (AvgIpc) is 2.74. The second-order valence-electron chi connectivity index (χ2n) is 6.04. The fraction of sp³-hybridized carbons (Fsp3) is 0.250. The number of nitrogens with zero attached hydrogens (tertiary/aromatic N) is 2. The van der Waals surface area contributed by atoms with Gasteiger partial charge in [0.25, 0.3) is 5.91 Å². The number of thiocarbonyl (C=S) groups is 1. The van der Waals surface area contributed by atoms with Gasteiger partial charge in [0.05, 0.1) is 19.4 Å². The molecule has 0 radical (unpaired) electrons. The van der Waals surface area contributed by atoms with E-state index in [1.54, 1.807) is 23.2 Å². The van der Waals surface area contributed by atoms with Gasteiger partial charge < -0.3 is 19.7 Å². The molecule has 1 amide bonds. The summed E-state index contributed by atoms with van der Waals surface area (Å²) in [5.74, 6) is 0.602. The van der Waals surface area contributed by atoms with Gasteiger partial charge in [-0.15, -0.1) is 0 Å². The molecule has 28 heavy (non-hydrogen) atoms. The van der Waals surface area contributed by atoms with Crippen molar-refractivity contribution in [2.24, 2.45) is 5.10 Å². The normalized spacial score (nSPS) is 13.9. The number of rotatable bonds is 6. The molecule has 0 atom stereocenters. The molecule has 0 bridgehead atoms. The van der Waals surface area contributed by atoms with Gasteiger partial charge in [0.15, 0.2) is 11.7 Å². The maximum Gasteiger partial charge on any atom is 0.260 e. The Labute approximate surface area is 169 Å². The van der Waals surface area contributed by atoms with Gasteiger partial charge in [0.2, 0.25) is 0 Å². The van der Waals surface area contributed by atoms with Crippen molar-refractivity contribution in [3.8, 4) is 5.75 Å². The number of nitrogens with one attached hydrogen (secondary N) is 2.